The third-order valence-corrected chi connectivity index (χ3v) is 8.40. The second-order valence-corrected chi connectivity index (χ2v) is 12.3. The van der Waals surface area contributed by atoms with Gasteiger partial charge in [-0.25, -0.2) is 0 Å². The van der Waals surface area contributed by atoms with Crippen LogP contribution in [0.1, 0.15) is 44.5 Å². The van der Waals surface area contributed by atoms with Crippen molar-refractivity contribution in [2.75, 3.05) is 9.80 Å². The molecule has 6 aromatic rings. The summed E-state index contributed by atoms with van der Waals surface area (Å²) < 4.78 is 0. The predicted octanol–water partition coefficient (Wildman–Crippen LogP) is 11.9. The third-order valence-electron chi connectivity index (χ3n) is 8.40. The Morgan fingerprint density at radius 2 is 0.587 bits per heavy atom. The maximum atomic E-state index is 3.35. The Morgan fingerprint density at radius 3 is 0.913 bits per heavy atom. The minimum absolute atomic E-state index is 0.986. The van der Waals surface area contributed by atoms with E-state index in [4.69, 9.17) is 0 Å². The first-order valence-corrected chi connectivity index (χ1v) is 15.9. The highest BCUT2D eigenvalue weighted by atomic mass is 15.2. The summed E-state index contributed by atoms with van der Waals surface area (Å²) in [7, 11) is 0. The number of nitrogens with zero attached hydrogens (tertiary/aromatic N) is 2. The molecule has 0 aliphatic heterocycles. The summed E-state index contributed by atoms with van der Waals surface area (Å²) in [6, 6.07) is 47.9. The van der Waals surface area contributed by atoms with Gasteiger partial charge in [-0.1, -0.05) is 88.7 Å². The van der Waals surface area contributed by atoms with Crippen LogP contribution >= 0.6 is 0 Å². The number of anilines is 6. The second-order valence-electron chi connectivity index (χ2n) is 12.3. The highest BCUT2D eigenvalue weighted by Crippen LogP contribution is 2.43. The van der Waals surface area contributed by atoms with Gasteiger partial charge >= 0.3 is 0 Å². The van der Waals surface area contributed by atoms with Crippen molar-refractivity contribution < 1.29 is 0 Å². The normalized spacial score (nSPS) is 10.7. The van der Waals surface area contributed by atoms with Crippen molar-refractivity contribution in [3.8, 4) is 11.8 Å². The molecule has 6 rings (SSSR count). The Kier molecular flexibility index (Phi) is 8.77. The average molecular weight is 597 g/mol. The van der Waals surface area contributed by atoms with Crippen LogP contribution in [0, 0.1) is 53.4 Å². The van der Waals surface area contributed by atoms with Crippen molar-refractivity contribution in [2.45, 2.75) is 41.5 Å². The van der Waals surface area contributed by atoms with Gasteiger partial charge in [-0.15, -0.1) is 0 Å². The van der Waals surface area contributed by atoms with Crippen molar-refractivity contribution in [3.63, 3.8) is 0 Å². The smallest absolute Gasteiger partial charge is 0.0511 e. The molecule has 0 bridgehead atoms. The molecule has 0 aliphatic carbocycles. The summed E-state index contributed by atoms with van der Waals surface area (Å²) in [5.41, 5.74) is 16.1. The summed E-state index contributed by atoms with van der Waals surface area (Å²) in [6.45, 7) is 12.9. The van der Waals surface area contributed by atoms with Crippen LogP contribution in [0.25, 0.3) is 0 Å². The number of hydrogen-bond acceptors (Lipinski definition) is 2. The first-order chi connectivity index (χ1) is 22.2. The van der Waals surface area contributed by atoms with Crippen LogP contribution in [0.2, 0.25) is 0 Å². The number of hydrogen-bond donors (Lipinski definition) is 0. The molecule has 0 fully saturated rings. The average Bonchev–Trinajstić information content (AvgIpc) is 3.06. The molecule has 0 atom stereocenters. The van der Waals surface area contributed by atoms with Gasteiger partial charge in [0, 0.05) is 33.9 Å². The minimum Gasteiger partial charge on any atom is -0.310 e. The van der Waals surface area contributed by atoms with Crippen molar-refractivity contribution in [3.05, 3.63) is 178 Å². The zero-order valence-electron chi connectivity index (χ0n) is 27.6. The van der Waals surface area contributed by atoms with Crippen molar-refractivity contribution in [1.29, 1.82) is 0 Å². The largest absolute Gasteiger partial charge is 0.310 e. The molecule has 0 saturated heterocycles. The molecule has 0 unspecified atom stereocenters. The molecular formula is C44H40N2. The first-order valence-electron chi connectivity index (χ1n) is 15.9. The number of benzene rings is 6. The van der Waals surface area contributed by atoms with Crippen molar-refractivity contribution >= 4 is 34.1 Å². The van der Waals surface area contributed by atoms with Gasteiger partial charge in [-0.3, -0.25) is 0 Å². The summed E-state index contributed by atoms with van der Waals surface area (Å²) in [4.78, 5) is 4.73. The van der Waals surface area contributed by atoms with Gasteiger partial charge < -0.3 is 9.80 Å². The fourth-order valence-electron chi connectivity index (χ4n) is 5.72. The van der Waals surface area contributed by atoms with Crippen LogP contribution in [0.5, 0.6) is 0 Å². The van der Waals surface area contributed by atoms with E-state index in [2.05, 4.69) is 197 Å². The van der Waals surface area contributed by atoms with Crippen LogP contribution in [0.15, 0.2) is 133 Å². The SMILES string of the molecule is Cc1ccc(C#Cc2ccc(N(c3ccc(C)cc3)c3cc(N(c4ccc(C)cc4)c4ccc(C)cc4)c(C)cc3C)cc2)cc1. The standard InChI is InChI=1S/C44H40N2/c1-31-7-15-37(16-8-31)17-18-38-19-27-42(28-20-38)46(41-25-13-34(4)14-26-41)44-30-43(35(5)29-36(44)6)45(39-21-9-32(2)10-22-39)40-23-11-33(3)12-24-40/h7-16,19-30H,1-6H3. The third kappa shape index (κ3) is 6.75. The van der Waals surface area contributed by atoms with Crippen LogP contribution in [-0.2, 0) is 0 Å². The maximum absolute atomic E-state index is 3.35. The second kappa shape index (κ2) is 13.2. The molecule has 6 aromatic carbocycles. The molecule has 0 aliphatic rings. The van der Waals surface area contributed by atoms with Crippen LogP contribution in [0.4, 0.5) is 34.1 Å². The van der Waals surface area contributed by atoms with Crippen molar-refractivity contribution in [2.24, 2.45) is 0 Å². The summed E-state index contributed by atoms with van der Waals surface area (Å²) in [5.74, 6) is 6.66. The van der Waals surface area contributed by atoms with Gasteiger partial charge in [0.1, 0.15) is 0 Å². The van der Waals surface area contributed by atoms with Gasteiger partial charge in [-0.2, -0.15) is 0 Å². The van der Waals surface area contributed by atoms with E-state index in [1.807, 2.05) is 0 Å². The van der Waals surface area contributed by atoms with E-state index in [9.17, 15) is 0 Å². The lowest BCUT2D eigenvalue weighted by Crippen LogP contribution is -2.15. The highest BCUT2D eigenvalue weighted by molar-refractivity contribution is 5.86. The van der Waals surface area contributed by atoms with E-state index in [0.29, 0.717) is 0 Å². The highest BCUT2D eigenvalue weighted by Gasteiger charge is 2.21. The zero-order chi connectivity index (χ0) is 32.2. The fraction of sp³-hybridized carbons (Fsp3) is 0.136. The van der Waals surface area contributed by atoms with Gasteiger partial charge in [0.05, 0.1) is 11.4 Å². The van der Waals surface area contributed by atoms with E-state index in [1.165, 1.54) is 33.4 Å². The molecule has 0 radical (unpaired) electrons. The molecule has 46 heavy (non-hydrogen) atoms. The fourth-order valence-corrected chi connectivity index (χ4v) is 5.72. The Labute approximate surface area is 274 Å². The molecule has 0 N–H and O–H groups in total. The lowest BCUT2D eigenvalue weighted by Gasteiger charge is -2.32. The van der Waals surface area contributed by atoms with Gasteiger partial charge in [-0.05, 0) is 132 Å². The van der Waals surface area contributed by atoms with Crippen molar-refractivity contribution in [1.82, 2.24) is 0 Å². The van der Waals surface area contributed by atoms with E-state index < -0.39 is 0 Å². The lowest BCUT2D eigenvalue weighted by atomic mass is 10.0. The molecule has 0 amide bonds. The number of rotatable bonds is 6. The number of aryl methyl sites for hydroxylation is 6. The first kappa shape index (κ1) is 30.5. The summed E-state index contributed by atoms with van der Waals surface area (Å²) >= 11 is 0. The zero-order valence-corrected chi connectivity index (χ0v) is 27.6. The van der Waals surface area contributed by atoms with Crippen LogP contribution in [-0.4, -0.2) is 0 Å². The molecule has 0 spiro atoms. The van der Waals surface area contributed by atoms with Crippen LogP contribution < -0.4 is 9.80 Å². The molecule has 226 valence electrons. The molecular weight excluding hydrogens is 556 g/mol. The molecule has 0 saturated carbocycles. The van der Waals surface area contributed by atoms with Crippen LogP contribution in [0.3, 0.4) is 0 Å². The van der Waals surface area contributed by atoms with E-state index in [0.717, 1.165) is 45.3 Å². The maximum Gasteiger partial charge on any atom is 0.0511 e. The Bertz CT molecular complexity index is 1960. The van der Waals surface area contributed by atoms with E-state index in [-0.39, 0.29) is 0 Å². The van der Waals surface area contributed by atoms with E-state index in [1.54, 1.807) is 0 Å². The summed E-state index contributed by atoms with van der Waals surface area (Å²) in [6.07, 6.45) is 0. The summed E-state index contributed by atoms with van der Waals surface area (Å²) in [5, 5.41) is 0. The van der Waals surface area contributed by atoms with Gasteiger partial charge in [0.2, 0.25) is 0 Å². The Balaban J connectivity index is 1.47. The Morgan fingerprint density at radius 1 is 0.326 bits per heavy atom. The molecule has 2 nitrogen and oxygen atoms in total. The minimum atomic E-state index is 0.986. The van der Waals surface area contributed by atoms with E-state index >= 15 is 0 Å². The molecule has 0 heterocycles. The quantitative estimate of drug-likeness (QED) is 0.176. The monoisotopic (exact) mass is 596 g/mol. The predicted molar refractivity (Wildman–Crippen MR) is 197 cm³/mol. The Hall–Kier alpha value is -5.52. The lowest BCUT2D eigenvalue weighted by molar-refractivity contribution is 1.20. The van der Waals surface area contributed by atoms with Gasteiger partial charge in [0.25, 0.3) is 0 Å². The van der Waals surface area contributed by atoms with Gasteiger partial charge in [0.15, 0.2) is 0 Å². The molecule has 0 aromatic heterocycles. The topological polar surface area (TPSA) is 6.48 Å². The molecule has 2 heteroatoms.